The van der Waals surface area contributed by atoms with Crippen molar-refractivity contribution in [1.29, 1.82) is 0 Å². The number of carboxylic acid groups (broad SMARTS) is 1. The molecule has 0 bridgehead atoms. The molecule has 1 aliphatic heterocycles. The van der Waals surface area contributed by atoms with Crippen LogP contribution in [0.4, 0.5) is 0 Å². The van der Waals surface area contributed by atoms with Crippen molar-refractivity contribution in [3.63, 3.8) is 0 Å². The Labute approximate surface area is 153 Å². The SMILES string of the molecule is O=C(NCC(Cc1ccccc1)C(=O)O)c1cccc(C2CCOC2)c1. The largest absolute Gasteiger partial charge is 0.481 e. The van der Waals surface area contributed by atoms with Crippen molar-refractivity contribution >= 4 is 11.9 Å². The summed E-state index contributed by atoms with van der Waals surface area (Å²) >= 11 is 0. The van der Waals surface area contributed by atoms with E-state index in [-0.39, 0.29) is 12.5 Å². The van der Waals surface area contributed by atoms with Crippen LogP contribution in [-0.2, 0) is 16.0 Å². The highest BCUT2D eigenvalue weighted by Gasteiger charge is 2.21. The molecule has 1 aliphatic rings. The first-order valence-electron chi connectivity index (χ1n) is 8.86. The van der Waals surface area contributed by atoms with Gasteiger partial charge in [0.2, 0.25) is 0 Å². The van der Waals surface area contributed by atoms with Gasteiger partial charge in [-0.05, 0) is 36.1 Å². The zero-order valence-corrected chi connectivity index (χ0v) is 14.6. The summed E-state index contributed by atoms with van der Waals surface area (Å²) in [4.78, 5) is 24.0. The van der Waals surface area contributed by atoms with E-state index in [0.29, 0.717) is 24.5 Å². The first kappa shape index (κ1) is 18.1. The van der Waals surface area contributed by atoms with Crippen LogP contribution in [0.3, 0.4) is 0 Å². The second-order valence-corrected chi connectivity index (χ2v) is 6.62. The lowest BCUT2D eigenvalue weighted by atomic mass is 9.96. The lowest BCUT2D eigenvalue weighted by Crippen LogP contribution is -2.34. The van der Waals surface area contributed by atoms with Crippen LogP contribution in [-0.4, -0.2) is 36.7 Å². The molecular formula is C21H23NO4. The first-order valence-corrected chi connectivity index (χ1v) is 8.86. The minimum Gasteiger partial charge on any atom is -0.481 e. The molecule has 2 atom stereocenters. The van der Waals surface area contributed by atoms with Gasteiger partial charge in [0.25, 0.3) is 5.91 Å². The summed E-state index contributed by atoms with van der Waals surface area (Å²) < 4.78 is 5.41. The fourth-order valence-electron chi connectivity index (χ4n) is 3.19. The summed E-state index contributed by atoms with van der Waals surface area (Å²) in [5, 5.41) is 12.2. The van der Waals surface area contributed by atoms with E-state index in [2.05, 4.69) is 5.32 Å². The summed E-state index contributed by atoms with van der Waals surface area (Å²) in [6.45, 7) is 1.53. The molecule has 1 heterocycles. The van der Waals surface area contributed by atoms with Crippen molar-refractivity contribution in [3.05, 3.63) is 71.3 Å². The van der Waals surface area contributed by atoms with Crippen LogP contribution in [0.5, 0.6) is 0 Å². The minimum atomic E-state index is -0.911. The van der Waals surface area contributed by atoms with Gasteiger partial charge in [0.1, 0.15) is 0 Å². The number of carbonyl (C=O) groups is 2. The average molecular weight is 353 g/mol. The van der Waals surface area contributed by atoms with Gasteiger partial charge >= 0.3 is 5.97 Å². The molecule has 3 rings (SSSR count). The number of carbonyl (C=O) groups excluding carboxylic acids is 1. The van der Waals surface area contributed by atoms with E-state index < -0.39 is 11.9 Å². The number of carboxylic acids is 1. The molecule has 26 heavy (non-hydrogen) atoms. The molecule has 1 saturated heterocycles. The van der Waals surface area contributed by atoms with E-state index in [4.69, 9.17) is 4.74 Å². The Bertz CT molecular complexity index is 754. The van der Waals surface area contributed by atoms with Gasteiger partial charge in [0, 0.05) is 24.6 Å². The van der Waals surface area contributed by atoms with Gasteiger partial charge in [-0.1, -0.05) is 42.5 Å². The van der Waals surface area contributed by atoms with Gasteiger partial charge in [-0.3, -0.25) is 9.59 Å². The molecule has 2 N–H and O–H groups in total. The quantitative estimate of drug-likeness (QED) is 0.803. The highest BCUT2D eigenvalue weighted by atomic mass is 16.5. The topological polar surface area (TPSA) is 75.6 Å². The Hall–Kier alpha value is -2.66. The van der Waals surface area contributed by atoms with E-state index in [9.17, 15) is 14.7 Å². The number of aliphatic carboxylic acids is 1. The van der Waals surface area contributed by atoms with Gasteiger partial charge in [-0.15, -0.1) is 0 Å². The Morgan fingerprint density at radius 2 is 1.96 bits per heavy atom. The van der Waals surface area contributed by atoms with Crippen molar-refractivity contribution in [2.75, 3.05) is 19.8 Å². The third kappa shape index (κ3) is 4.70. The number of hydrogen-bond acceptors (Lipinski definition) is 3. The van der Waals surface area contributed by atoms with Crippen molar-refractivity contribution < 1.29 is 19.4 Å². The summed E-state index contributed by atoms with van der Waals surface area (Å²) in [6, 6.07) is 16.9. The van der Waals surface area contributed by atoms with E-state index >= 15 is 0 Å². The summed E-state index contributed by atoms with van der Waals surface area (Å²) in [6.07, 6.45) is 1.35. The summed E-state index contributed by atoms with van der Waals surface area (Å²) in [7, 11) is 0. The predicted molar refractivity (Wildman–Crippen MR) is 98.2 cm³/mol. The fourth-order valence-corrected chi connectivity index (χ4v) is 3.19. The molecule has 1 amide bonds. The number of nitrogens with one attached hydrogen (secondary N) is 1. The van der Waals surface area contributed by atoms with Crippen molar-refractivity contribution in [1.82, 2.24) is 5.32 Å². The van der Waals surface area contributed by atoms with Crippen LogP contribution >= 0.6 is 0 Å². The smallest absolute Gasteiger partial charge is 0.308 e. The number of amides is 1. The average Bonchev–Trinajstić information content (AvgIpc) is 3.20. The zero-order chi connectivity index (χ0) is 18.4. The molecule has 5 nitrogen and oxygen atoms in total. The third-order valence-corrected chi connectivity index (χ3v) is 4.73. The van der Waals surface area contributed by atoms with Crippen LogP contribution in [0, 0.1) is 5.92 Å². The van der Waals surface area contributed by atoms with Crippen LogP contribution in [0.15, 0.2) is 54.6 Å². The fraction of sp³-hybridized carbons (Fsp3) is 0.333. The Morgan fingerprint density at radius 3 is 2.65 bits per heavy atom. The summed E-state index contributed by atoms with van der Waals surface area (Å²) in [5.74, 6) is -1.49. The van der Waals surface area contributed by atoms with E-state index in [1.54, 1.807) is 6.07 Å². The maximum Gasteiger partial charge on any atom is 0.308 e. The molecule has 0 saturated carbocycles. The minimum absolute atomic E-state index is 0.0971. The molecule has 0 aromatic heterocycles. The van der Waals surface area contributed by atoms with Crippen LogP contribution in [0.2, 0.25) is 0 Å². The van der Waals surface area contributed by atoms with Crippen LogP contribution in [0.25, 0.3) is 0 Å². The molecule has 0 radical (unpaired) electrons. The predicted octanol–water partition coefficient (Wildman–Crippen LogP) is 2.86. The molecule has 5 heteroatoms. The van der Waals surface area contributed by atoms with Gasteiger partial charge in [-0.25, -0.2) is 0 Å². The molecular weight excluding hydrogens is 330 g/mol. The second-order valence-electron chi connectivity index (χ2n) is 6.62. The van der Waals surface area contributed by atoms with E-state index in [0.717, 1.165) is 24.2 Å². The van der Waals surface area contributed by atoms with Gasteiger partial charge < -0.3 is 15.2 Å². The molecule has 136 valence electrons. The number of benzene rings is 2. The number of hydrogen-bond donors (Lipinski definition) is 2. The number of rotatable bonds is 7. The lowest BCUT2D eigenvalue weighted by molar-refractivity contribution is -0.141. The number of ether oxygens (including phenoxy) is 1. The Kier molecular flexibility index (Phi) is 6.02. The van der Waals surface area contributed by atoms with Gasteiger partial charge in [0.15, 0.2) is 0 Å². The molecule has 2 unspecified atom stereocenters. The normalized spacial score (nSPS) is 17.6. The van der Waals surface area contributed by atoms with Gasteiger partial charge in [0.05, 0.1) is 12.5 Å². The lowest BCUT2D eigenvalue weighted by Gasteiger charge is -2.14. The zero-order valence-electron chi connectivity index (χ0n) is 14.6. The monoisotopic (exact) mass is 353 g/mol. The highest BCUT2D eigenvalue weighted by molar-refractivity contribution is 5.94. The van der Waals surface area contributed by atoms with Crippen molar-refractivity contribution in [3.8, 4) is 0 Å². The standard InChI is InChI=1S/C21H23NO4/c23-20(17-8-4-7-16(12-17)18-9-10-26-14-18)22-13-19(21(24)25)11-15-5-2-1-3-6-15/h1-8,12,18-19H,9-11,13-14H2,(H,22,23)(H,24,25). The summed E-state index contributed by atoms with van der Waals surface area (Å²) in [5.41, 5.74) is 2.59. The maximum absolute atomic E-state index is 12.5. The molecule has 0 spiro atoms. The molecule has 1 fully saturated rings. The molecule has 2 aromatic rings. The Morgan fingerprint density at radius 1 is 1.15 bits per heavy atom. The van der Waals surface area contributed by atoms with Crippen LogP contribution < -0.4 is 5.32 Å². The second kappa shape index (κ2) is 8.63. The molecule has 2 aromatic carbocycles. The van der Waals surface area contributed by atoms with Gasteiger partial charge in [-0.2, -0.15) is 0 Å². The van der Waals surface area contributed by atoms with E-state index in [1.807, 2.05) is 48.5 Å². The van der Waals surface area contributed by atoms with Crippen molar-refractivity contribution in [2.24, 2.45) is 5.92 Å². The Balaban J connectivity index is 1.61. The van der Waals surface area contributed by atoms with Crippen molar-refractivity contribution in [2.45, 2.75) is 18.8 Å². The van der Waals surface area contributed by atoms with Crippen LogP contribution in [0.1, 0.15) is 33.8 Å². The van der Waals surface area contributed by atoms with E-state index in [1.165, 1.54) is 0 Å². The molecule has 0 aliphatic carbocycles. The maximum atomic E-state index is 12.5. The third-order valence-electron chi connectivity index (χ3n) is 4.73. The highest BCUT2D eigenvalue weighted by Crippen LogP contribution is 2.25. The first-order chi connectivity index (χ1) is 12.6.